The molecule has 5 nitrogen and oxygen atoms in total. The lowest BCUT2D eigenvalue weighted by atomic mass is 9.99. The molecule has 0 saturated carbocycles. The zero-order valence-electron chi connectivity index (χ0n) is 18.6. The molecule has 0 radical (unpaired) electrons. The second-order valence-electron chi connectivity index (χ2n) is 8.28. The zero-order valence-corrected chi connectivity index (χ0v) is 18.6. The molecule has 2 aromatic rings. The van der Waals surface area contributed by atoms with Gasteiger partial charge in [-0.05, 0) is 54.7 Å². The van der Waals surface area contributed by atoms with E-state index in [0.29, 0.717) is 13.2 Å². The van der Waals surface area contributed by atoms with E-state index in [-0.39, 0.29) is 0 Å². The molecule has 30 heavy (non-hydrogen) atoms. The monoisotopic (exact) mass is 410 g/mol. The predicted molar refractivity (Wildman–Crippen MR) is 121 cm³/mol. The summed E-state index contributed by atoms with van der Waals surface area (Å²) < 4.78 is 16.7. The number of rotatable bonds is 8. The topological polar surface area (TPSA) is 34.2 Å². The van der Waals surface area contributed by atoms with Crippen LogP contribution < -0.4 is 14.4 Å². The Balaban J connectivity index is 1.28. The van der Waals surface area contributed by atoms with Crippen molar-refractivity contribution in [2.45, 2.75) is 26.7 Å². The Morgan fingerprint density at radius 1 is 0.967 bits per heavy atom. The maximum atomic E-state index is 5.84. The summed E-state index contributed by atoms with van der Waals surface area (Å²) in [5.41, 5.74) is 6.66. The van der Waals surface area contributed by atoms with Gasteiger partial charge in [-0.1, -0.05) is 12.1 Å². The molecule has 2 aliphatic heterocycles. The van der Waals surface area contributed by atoms with Gasteiger partial charge in [0.15, 0.2) is 0 Å². The standard InChI is InChI=1S/C25H34N2O3/c1-19-20(2)24(30-17-16-28-3)7-5-21(19)8-10-26-11-13-27(14-12-26)23-6-4-22-9-15-29-25(22)18-23/h4-7,18H,8-17H2,1-3H3. The number of hydrogen-bond acceptors (Lipinski definition) is 5. The van der Waals surface area contributed by atoms with Crippen LogP contribution in [-0.4, -0.2) is 64.6 Å². The number of fused-ring (bicyclic) bond motifs is 1. The summed E-state index contributed by atoms with van der Waals surface area (Å²) >= 11 is 0. The Hall–Kier alpha value is -2.24. The first-order valence-corrected chi connectivity index (χ1v) is 11.1. The molecule has 0 atom stereocenters. The fourth-order valence-electron chi connectivity index (χ4n) is 4.37. The summed E-state index contributed by atoms with van der Waals surface area (Å²) in [5.74, 6) is 2.05. The molecule has 5 heteroatoms. The molecule has 0 N–H and O–H groups in total. The molecule has 2 aromatic carbocycles. The largest absolute Gasteiger partial charge is 0.493 e. The van der Waals surface area contributed by atoms with Gasteiger partial charge in [0.1, 0.15) is 18.1 Å². The van der Waals surface area contributed by atoms with Crippen LogP contribution in [0.5, 0.6) is 11.5 Å². The summed E-state index contributed by atoms with van der Waals surface area (Å²) in [5, 5.41) is 0. The first-order chi connectivity index (χ1) is 14.7. The van der Waals surface area contributed by atoms with E-state index in [1.54, 1.807) is 7.11 Å². The Labute approximate surface area is 180 Å². The number of hydrogen-bond donors (Lipinski definition) is 0. The maximum absolute atomic E-state index is 5.84. The highest BCUT2D eigenvalue weighted by Crippen LogP contribution is 2.30. The quantitative estimate of drug-likeness (QED) is 0.621. The van der Waals surface area contributed by atoms with Gasteiger partial charge in [0.05, 0.1) is 13.2 Å². The normalized spacial score (nSPS) is 16.4. The second-order valence-corrected chi connectivity index (χ2v) is 8.28. The Morgan fingerprint density at radius 3 is 2.60 bits per heavy atom. The van der Waals surface area contributed by atoms with Crippen LogP contribution in [0, 0.1) is 13.8 Å². The first kappa shape index (κ1) is 21.0. The first-order valence-electron chi connectivity index (χ1n) is 11.1. The minimum absolute atomic E-state index is 0.594. The molecule has 0 aliphatic carbocycles. The van der Waals surface area contributed by atoms with Crippen LogP contribution in [0.3, 0.4) is 0 Å². The van der Waals surface area contributed by atoms with Gasteiger partial charge in [0.2, 0.25) is 0 Å². The zero-order chi connectivity index (χ0) is 20.9. The lowest BCUT2D eigenvalue weighted by Gasteiger charge is -2.36. The van der Waals surface area contributed by atoms with Gasteiger partial charge in [-0.2, -0.15) is 0 Å². The van der Waals surface area contributed by atoms with Crippen LogP contribution >= 0.6 is 0 Å². The summed E-state index contributed by atoms with van der Waals surface area (Å²) in [6.45, 7) is 11.9. The van der Waals surface area contributed by atoms with E-state index in [2.05, 4.69) is 54.0 Å². The van der Waals surface area contributed by atoms with Gasteiger partial charge in [-0.25, -0.2) is 0 Å². The van der Waals surface area contributed by atoms with Gasteiger partial charge in [-0.3, -0.25) is 4.90 Å². The molecule has 0 spiro atoms. The van der Waals surface area contributed by atoms with Crippen molar-refractivity contribution in [2.75, 3.05) is 64.6 Å². The predicted octanol–water partition coefficient (Wildman–Crippen LogP) is 3.63. The van der Waals surface area contributed by atoms with Gasteiger partial charge in [0.25, 0.3) is 0 Å². The molecule has 162 valence electrons. The number of ether oxygens (including phenoxy) is 3. The number of methoxy groups -OCH3 is 1. The van der Waals surface area contributed by atoms with Gasteiger partial charge in [-0.15, -0.1) is 0 Å². The van der Waals surface area contributed by atoms with Crippen LogP contribution in [0.1, 0.15) is 22.3 Å². The average molecular weight is 411 g/mol. The van der Waals surface area contributed by atoms with Crippen molar-refractivity contribution in [2.24, 2.45) is 0 Å². The van der Waals surface area contributed by atoms with E-state index in [4.69, 9.17) is 14.2 Å². The van der Waals surface area contributed by atoms with Crippen molar-refractivity contribution in [3.8, 4) is 11.5 Å². The SMILES string of the molecule is COCCOc1ccc(CCN2CCN(c3ccc4c(c3)OCC4)CC2)c(C)c1C. The Kier molecular flexibility index (Phi) is 6.80. The molecule has 0 aromatic heterocycles. The van der Waals surface area contributed by atoms with Crippen LogP contribution in [0.2, 0.25) is 0 Å². The molecular formula is C25H34N2O3. The van der Waals surface area contributed by atoms with Gasteiger partial charge < -0.3 is 19.1 Å². The molecule has 1 saturated heterocycles. The summed E-state index contributed by atoms with van der Waals surface area (Å²) in [7, 11) is 1.70. The minimum Gasteiger partial charge on any atom is -0.493 e. The van der Waals surface area contributed by atoms with Crippen molar-refractivity contribution >= 4 is 5.69 Å². The maximum Gasteiger partial charge on any atom is 0.124 e. The lowest BCUT2D eigenvalue weighted by molar-refractivity contribution is 0.146. The van der Waals surface area contributed by atoms with Gasteiger partial charge in [0, 0.05) is 58.0 Å². The van der Waals surface area contributed by atoms with E-state index in [0.717, 1.165) is 63.7 Å². The third-order valence-corrected chi connectivity index (χ3v) is 6.51. The molecule has 0 unspecified atom stereocenters. The molecule has 4 rings (SSSR count). The summed E-state index contributed by atoms with van der Waals surface area (Å²) in [6, 6.07) is 11.1. The van der Waals surface area contributed by atoms with Crippen molar-refractivity contribution < 1.29 is 14.2 Å². The van der Waals surface area contributed by atoms with Crippen molar-refractivity contribution in [1.82, 2.24) is 4.90 Å². The number of anilines is 1. The molecule has 2 heterocycles. The molecular weight excluding hydrogens is 376 g/mol. The third-order valence-electron chi connectivity index (χ3n) is 6.51. The van der Waals surface area contributed by atoms with Crippen LogP contribution in [0.4, 0.5) is 5.69 Å². The summed E-state index contributed by atoms with van der Waals surface area (Å²) in [4.78, 5) is 5.07. The highest BCUT2D eigenvalue weighted by molar-refractivity contribution is 5.55. The number of benzene rings is 2. The molecule has 0 amide bonds. The fourth-order valence-corrected chi connectivity index (χ4v) is 4.37. The van der Waals surface area contributed by atoms with Crippen LogP contribution in [0.15, 0.2) is 30.3 Å². The average Bonchev–Trinajstić information content (AvgIpc) is 3.24. The van der Waals surface area contributed by atoms with E-state index < -0.39 is 0 Å². The van der Waals surface area contributed by atoms with Crippen molar-refractivity contribution in [3.63, 3.8) is 0 Å². The third kappa shape index (κ3) is 4.73. The highest BCUT2D eigenvalue weighted by atomic mass is 16.5. The van der Waals surface area contributed by atoms with E-state index in [1.165, 1.54) is 27.9 Å². The van der Waals surface area contributed by atoms with Crippen molar-refractivity contribution in [1.29, 1.82) is 0 Å². The Morgan fingerprint density at radius 2 is 1.80 bits per heavy atom. The summed E-state index contributed by atoms with van der Waals surface area (Å²) in [6.07, 6.45) is 2.13. The smallest absolute Gasteiger partial charge is 0.124 e. The number of nitrogens with zero attached hydrogens (tertiary/aromatic N) is 2. The lowest BCUT2D eigenvalue weighted by Crippen LogP contribution is -2.47. The van der Waals surface area contributed by atoms with Crippen LogP contribution in [0.25, 0.3) is 0 Å². The fraction of sp³-hybridized carbons (Fsp3) is 0.520. The highest BCUT2D eigenvalue weighted by Gasteiger charge is 2.20. The van der Waals surface area contributed by atoms with Gasteiger partial charge >= 0.3 is 0 Å². The Bertz CT molecular complexity index is 860. The van der Waals surface area contributed by atoms with E-state index in [1.807, 2.05) is 0 Å². The van der Waals surface area contributed by atoms with Crippen LogP contribution in [-0.2, 0) is 17.6 Å². The number of piperazine rings is 1. The molecule has 1 fully saturated rings. The minimum atomic E-state index is 0.594. The molecule has 2 aliphatic rings. The second kappa shape index (κ2) is 9.71. The van der Waals surface area contributed by atoms with Crippen molar-refractivity contribution in [3.05, 3.63) is 52.6 Å². The molecule has 0 bridgehead atoms. The van der Waals surface area contributed by atoms with E-state index in [9.17, 15) is 0 Å². The van der Waals surface area contributed by atoms with E-state index >= 15 is 0 Å².